The first kappa shape index (κ1) is 34.1. The van der Waals surface area contributed by atoms with Crippen LogP contribution in [-0.4, -0.2) is 14.5 Å². The minimum Gasteiger partial charge on any atom is -0.277 e. The number of hydrogen-bond donors (Lipinski definition) is 0. The molecule has 0 atom stereocenters. The molecule has 58 heavy (non-hydrogen) atoms. The van der Waals surface area contributed by atoms with E-state index in [1.54, 1.807) is 0 Å². The third kappa shape index (κ3) is 5.26. The van der Waals surface area contributed by atoms with E-state index in [1.807, 2.05) is 25.2 Å². The molecule has 0 saturated carbocycles. The summed E-state index contributed by atoms with van der Waals surface area (Å²) in [6.07, 6.45) is 0. The van der Waals surface area contributed by atoms with Gasteiger partial charge in [-0.1, -0.05) is 184 Å². The fraction of sp³-hybridized carbons (Fsp3) is 0.0370. The highest BCUT2D eigenvalue weighted by atomic mass is 32.1. The van der Waals surface area contributed by atoms with Crippen LogP contribution in [0, 0.1) is 0 Å². The third-order valence-corrected chi connectivity index (χ3v) is 12.6. The lowest BCUT2D eigenvalue weighted by atomic mass is 9.96. The van der Waals surface area contributed by atoms with Gasteiger partial charge in [0, 0.05) is 53.0 Å². The van der Waals surface area contributed by atoms with Crippen molar-refractivity contribution in [3.8, 4) is 39.5 Å². The molecule has 0 aliphatic rings. The van der Waals surface area contributed by atoms with Gasteiger partial charge in [-0.25, -0.2) is 9.97 Å². The van der Waals surface area contributed by atoms with Gasteiger partial charge in [-0.3, -0.25) is 4.57 Å². The second-order valence-electron chi connectivity index (χ2n) is 14.5. The summed E-state index contributed by atoms with van der Waals surface area (Å²) >= 11 is 1.86. The summed E-state index contributed by atoms with van der Waals surface area (Å²) in [5, 5.41) is 10.9. The van der Waals surface area contributed by atoms with E-state index in [-0.39, 0.29) is 0 Å². The molecule has 0 amide bonds. The van der Waals surface area contributed by atoms with Crippen molar-refractivity contribution in [2.75, 3.05) is 0 Å². The van der Waals surface area contributed by atoms with Crippen molar-refractivity contribution < 1.29 is 0 Å². The van der Waals surface area contributed by atoms with Crippen LogP contribution in [-0.2, 0) is 0 Å². The van der Waals surface area contributed by atoms with E-state index in [2.05, 4.69) is 193 Å². The van der Waals surface area contributed by atoms with Crippen molar-refractivity contribution in [3.63, 3.8) is 0 Å². The van der Waals surface area contributed by atoms with E-state index < -0.39 is 0 Å². The molecule has 12 aromatic rings. The van der Waals surface area contributed by atoms with Crippen molar-refractivity contribution in [3.05, 3.63) is 188 Å². The highest BCUT2D eigenvalue weighted by Crippen LogP contribution is 2.45. The Balaban J connectivity index is 0.00000190. The number of nitrogens with zero attached hydrogens (tertiary/aromatic N) is 3. The zero-order valence-corrected chi connectivity index (χ0v) is 33.0. The minimum atomic E-state index is 0.656. The normalized spacial score (nSPS) is 11.6. The lowest BCUT2D eigenvalue weighted by Gasteiger charge is -2.14. The Hall–Kier alpha value is -7.14. The predicted octanol–water partition coefficient (Wildman–Crippen LogP) is 15.4. The lowest BCUT2D eigenvalue weighted by molar-refractivity contribution is 1.01. The van der Waals surface area contributed by atoms with Crippen molar-refractivity contribution in [1.29, 1.82) is 0 Å². The fourth-order valence-electron chi connectivity index (χ4n) is 8.89. The van der Waals surface area contributed by atoms with Crippen LogP contribution in [0.1, 0.15) is 13.8 Å². The molecule has 3 aromatic heterocycles. The van der Waals surface area contributed by atoms with E-state index in [9.17, 15) is 0 Å². The molecule has 0 aliphatic heterocycles. The van der Waals surface area contributed by atoms with Crippen molar-refractivity contribution >= 4 is 85.8 Å². The van der Waals surface area contributed by atoms with E-state index in [0.29, 0.717) is 5.95 Å². The Bertz CT molecular complexity index is 3530. The predicted molar refractivity (Wildman–Crippen MR) is 249 cm³/mol. The van der Waals surface area contributed by atoms with E-state index in [0.717, 1.165) is 38.8 Å². The van der Waals surface area contributed by atoms with Crippen LogP contribution in [0.3, 0.4) is 0 Å². The van der Waals surface area contributed by atoms with Crippen LogP contribution in [0.4, 0.5) is 0 Å². The molecule has 0 fully saturated rings. The molecular weight excluding hydrogens is 723 g/mol. The maximum Gasteiger partial charge on any atom is 0.235 e. The van der Waals surface area contributed by atoms with Gasteiger partial charge in [0.05, 0.1) is 22.2 Å². The number of fused-ring (bicyclic) bond motifs is 10. The first-order valence-corrected chi connectivity index (χ1v) is 20.8. The van der Waals surface area contributed by atoms with Crippen molar-refractivity contribution in [2.24, 2.45) is 0 Å². The molecule has 3 heterocycles. The molecule has 0 saturated heterocycles. The van der Waals surface area contributed by atoms with Gasteiger partial charge < -0.3 is 0 Å². The Morgan fingerprint density at radius 3 is 1.83 bits per heavy atom. The molecule has 0 spiro atoms. The molecule has 12 rings (SSSR count). The molecule has 0 radical (unpaired) electrons. The van der Waals surface area contributed by atoms with Crippen molar-refractivity contribution in [2.45, 2.75) is 13.8 Å². The highest BCUT2D eigenvalue weighted by molar-refractivity contribution is 7.26. The zero-order valence-electron chi connectivity index (χ0n) is 32.1. The Morgan fingerprint density at radius 2 is 1.00 bits per heavy atom. The number of hydrogen-bond acceptors (Lipinski definition) is 3. The minimum absolute atomic E-state index is 0.656. The molecule has 9 aromatic carbocycles. The average molecular weight is 760 g/mol. The van der Waals surface area contributed by atoms with Crippen LogP contribution < -0.4 is 0 Å². The molecular formula is C54H37N3S. The van der Waals surface area contributed by atoms with Gasteiger partial charge in [0.15, 0.2) is 0 Å². The molecule has 3 nitrogen and oxygen atoms in total. The van der Waals surface area contributed by atoms with Crippen LogP contribution in [0.5, 0.6) is 0 Å². The Kier molecular flexibility index (Phi) is 8.12. The summed E-state index contributed by atoms with van der Waals surface area (Å²) in [6.45, 7) is 4.00. The van der Waals surface area contributed by atoms with E-state index in [1.165, 1.54) is 69.2 Å². The van der Waals surface area contributed by atoms with Gasteiger partial charge in [0.2, 0.25) is 5.95 Å². The molecule has 0 unspecified atom stereocenters. The van der Waals surface area contributed by atoms with Gasteiger partial charge in [-0.05, 0) is 50.9 Å². The summed E-state index contributed by atoms with van der Waals surface area (Å²) < 4.78 is 4.90. The molecule has 0 aliphatic carbocycles. The average Bonchev–Trinajstić information content (AvgIpc) is 3.86. The lowest BCUT2D eigenvalue weighted by Crippen LogP contribution is -2.04. The summed E-state index contributed by atoms with van der Waals surface area (Å²) in [5.41, 5.74) is 9.85. The second kappa shape index (κ2) is 13.8. The summed E-state index contributed by atoms with van der Waals surface area (Å²) in [5.74, 6) is 0.656. The van der Waals surface area contributed by atoms with E-state index >= 15 is 0 Å². The molecule has 274 valence electrons. The van der Waals surface area contributed by atoms with Crippen LogP contribution >= 0.6 is 11.3 Å². The maximum absolute atomic E-state index is 5.53. The van der Waals surface area contributed by atoms with Crippen LogP contribution in [0.15, 0.2) is 188 Å². The number of thiophene rings is 1. The number of para-hydroxylation sites is 2. The SMILES string of the molecule is CC.c1ccc2c(-c3ccc(-c4nc(-n5c6ccc7ccccc7c6c6cccc(-c7cccc8c7sc7ccccc78)c65)nc5ccccc45)cc3)cccc2c1. The standard InChI is InChI=1S/C52H31N3S.C2H6/c1-3-15-36-32(12-1)14-9-19-37(36)34-26-28-35(29-27-34)49-43-18-5-7-24-45(43)53-52(54-49)55-46-31-30-33-13-2-4-16-38(33)48(46)44-23-10-20-40(50(44)55)42-22-11-21-41-39-17-6-8-25-47(39)56-51(41)42;1-2/h1-31H;1-2H3. The van der Waals surface area contributed by atoms with Gasteiger partial charge in [-0.2, -0.15) is 0 Å². The summed E-state index contributed by atoms with van der Waals surface area (Å²) in [4.78, 5) is 10.9. The Morgan fingerprint density at radius 1 is 0.414 bits per heavy atom. The van der Waals surface area contributed by atoms with Crippen LogP contribution in [0.25, 0.3) is 114 Å². The van der Waals surface area contributed by atoms with Crippen molar-refractivity contribution in [1.82, 2.24) is 14.5 Å². The zero-order chi connectivity index (χ0) is 38.7. The first-order valence-electron chi connectivity index (χ1n) is 20.0. The fourth-order valence-corrected chi connectivity index (χ4v) is 10.1. The second-order valence-corrected chi connectivity index (χ2v) is 15.5. The maximum atomic E-state index is 5.53. The van der Waals surface area contributed by atoms with Gasteiger partial charge in [0.1, 0.15) is 0 Å². The topological polar surface area (TPSA) is 30.7 Å². The first-order chi connectivity index (χ1) is 28.8. The Labute approximate surface area is 340 Å². The smallest absolute Gasteiger partial charge is 0.235 e. The third-order valence-electron chi connectivity index (χ3n) is 11.4. The summed E-state index contributed by atoms with van der Waals surface area (Å²) in [6, 6.07) is 67.8. The largest absolute Gasteiger partial charge is 0.277 e. The number of benzene rings is 9. The van der Waals surface area contributed by atoms with Crippen LogP contribution in [0.2, 0.25) is 0 Å². The highest BCUT2D eigenvalue weighted by Gasteiger charge is 2.23. The molecule has 4 heteroatoms. The van der Waals surface area contributed by atoms with Gasteiger partial charge in [0.25, 0.3) is 0 Å². The van der Waals surface area contributed by atoms with E-state index in [4.69, 9.17) is 9.97 Å². The monoisotopic (exact) mass is 759 g/mol. The quantitative estimate of drug-likeness (QED) is 0.179. The molecule has 0 N–H and O–H groups in total. The van der Waals surface area contributed by atoms with Gasteiger partial charge >= 0.3 is 0 Å². The summed E-state index contributed by atoms with van der Waals surface area (Å²) in [7, 11) is 0. The number of rotatable bonds is 4. The van der Waals surface area contributed by atoms with Gasteiger partial charge in [-0.15, -0.1) is 11.3 Å². The molecule has 0 bridgehead atoms. The number of aromatic nitrogens is 3.